The van der Waals surface area contributed by atoms with Crippen LogP contribution in [-0.4, -0.2) is 17.4 Å². The smallest absolute Gasteiger partial charge is 0.226 e. The average molecular weight is 270 g/mol. The van der Waals surface area contributed by atoms with Crippen molar-refractivity contribution in [1.29, 1.82) is 0 Å². The number of nitrogens with zero attached hydrogens (tertiary/aromatic N) is 1. The highest BCUT2D eigenvalue weighted by Gasteiger charge is 2.44. The van der Waals surface area contributed by atoms with Gasteiger partial charge in [0.25, 0.3) is 0 Å². The molecule has 1 aliphatic heterocycles. The molecule has 3 nitrogen and oxygen atoms in total. The maximum atomic E-state index is 12.8. The molecule has 3 heteroatoms. The van der Waals surface area contributed by atoms with Crippen molar-refractivity contribution in [3.05, 3.63) is 29.3 Å². The fourth-order valence-corrected chi connectivity index (χ4v) is 4.55. The van der Waals surface area contributed by atoms with Gasteiger partial charge in [0.05, 0.1) is 0 Å². The Hall–Kier alpha value is -1.51. The minimum atomic E-state index is 0.316. The third-order valence-corrected chi connectivity index (χ3v) is 5.61. The SMILES string of the molecule is Nc1ccc2c(c1)CN(C(=O)C1CC3CCC1C3)CC2. The molecule has 0 saturated heterocycles. The summed E-state index contributed by atoms with van der Waals surface area (Å²) in [6.07, 6.45) is 6.05. The molecule has 2 N–H and O–H groups in total. The van der Waals surface area contributed by atoms with E-state index in [9.17, 15) is 4.79 Å². The van der Waals surface area contributed by atoms with Gasteiger partial charge in [-0.15, -0.1) is 0 Å². The molecule has 1 aromatic rings. The van der Waals surface area contributed by atoms with E-state index in [1.54, 1.807) is 0 Å². The first-order chi connectivity index (χ1) is 9.70. The molecule has 1 amide bonds. The fraction of sp³-hybridized carbons (Fsp3) is 0.588. The lowest BCUT2D eigenvalue weighted by Gasteiger charge is -2.33. The number of nitrogen functional groups attached to an aromatic ring is 1. The van der Waals surface area contributed by atoms with Crippen molar-refractivity contribution in [1.82, 2.24) is 4.90 Å². The first kappa shape index (κ1) is 12.2. The number of carbonyl (C=O) groups excluding carboxylic acids is 1. The first-order valence-corrected chi connectivity index (χ1v) is 7.87. The highest BCUT2D eigenvalue weighted by atomic mass is 16.2. The van der Waals surface area contributed by atoms with Crippen LogP contribution in [0, 0.1) is 17.8 Å². The lowest BCUT2D eigenvalue weighted by Crippen LogP contribution is -2.41. The molecule has 0 aromatic heterocycles. The van der Waals surface area contributed by atoms with Gasteiger partial charge in [0.1, 0.15) is 0 Å². The molecule has 2 aliphatic carbocycles. The van der Waals surface area contributed by atoms with E-state index in [2.05, 4.69) is 11.0 Å². The lowest BCUT2D eigenvalue weighted by molar-refractivity contribution is -0.138. The van der Waals surface area contributed by atoms with Crippen LogP contribution in [0.3, 0.4) is 0 Å². The molecule has 0 spiro atoms. The summed E-state index contributed by atoms with van der Waals surface area (Å²) in [7, 11) is 0. The van der Waals surface area contributed by atoms with Crippen LogP contribution in [0.25, 0.3) is 0 Å². The van der Waals surface area contributed by atoms with Crippen molar-refractivity contribution in [3.63, 3.8) is 0 Å². The minimum Gasteiger partial charge on any atom is -0.399 e. The molecule has 20 heavy (non-hydrogen) atoms. The van der Waals surface area contributed by atoms with Crippen LogP contribution in [0.2, 0.25) is 0 Å². The Morgan fingerprint density at radius 3 is 2.85 bits per heavy atom. The molecule has 3 atom stereocenters. The highest BCUT2D eigenvalue weighted by molar-refractivity contribution is 5.80. The molecule has 1 heterocycles. The van der Waals surface area contributed by atoms with Crippen LogP contribution in [0.15, 0.2) is 18.2 Å². The van der Waals surface area contributed by atoms with Gasteiger partial charge in [-0.1, -0.05) is 12.5 Å². The third-order valence-electron chi connectivity index (χ3n) is 5.61. The average Bonchev–Trinajstić information content (AvgIpc) is 3.08. The van der Waals surface area contributed by atoms with Crippen LogP contribution in [0.4, 0.5) is 5.69 Å². The molecular weight excluding hydrogens is 248 g/mol. The summed E-state index contributed by atoms with van der Waals surface area (Å²) in [5.74, 6) is 2.23. The molecule has 0 radical (unpaired) electrons. The van der Waals surface area contributed by atoms with Crippen molar-refractivity contribution in [3.8, 4) is 0 Å². The van der Waals surface area contributed by atoms with Gasteiger partial charge in [-0.2, -0.15) is 0 Å². The van der Waals surface area contributed by atoms with Crippen LogP contribution < -0.4 is 5.73 Å². The molecule has 106 valence electrons. The zero-order valence-electron chi connectivity index (χ0n) is 11.8. The quantitative estimate of drug-likeness (QED) is 0.797. The maximum absolute atomic E-state index is 12.8. The van der Waals surface area contributed by atoms with Gasteiger partial charge in [0, 0.05) is 24.7 Å². The number of nitrogens with two attached hydrogens (primary N) is 1. The second kappa shape index (κ2) is 4.51. The zero-order chi connectivity index (χ0) is 13.7. The van der Waals surface area contributed by atoms with Crippen LogP contribution >= 0.6 is 0 Å². The van der Waals surface area contributed by atoms with Crippen molar-refractivity contribution in [2.45, 2.75) is 38.6 Å². The number of fused-ring (bicyclic) bond motifs is 3. The minimum absolute atomic E-state index is 0.316. The van der Waals surface area contributed by atoms with E-state index in [0.29, 0.717) is 17.7 Å². The highest BCUT2D eigenvalue weighted by Crippen LogP contribution is 2.49. The van der Waals surface area contributed by atoms with Gasteiger partial charge < -0.3 is 10.6 Å². The summed E-state index contributed by atoms with van der Waals surface area (Å²) in [5.41, 5.74) is 9.28. The Kier molecular flexibility index (Phi) is 2.76. The number of hydrogen-bond acceptors (Lipinski definition) is 2. The topological polar surface area (TPSA) is 46.3 Å². The second-order valence-corrected chi connectivity index (χ2v) is 6.82. The van der Waals surface area contributed by atoms with E-state index in [1.807, 2.05) is 12.1 Å². The standard InChI is InChI=1S/C17H22N2O/c18-15-4-3-12-5-6-19(10-14(12)9-15)17(20)16-8-11-1-2-13(16)7-11/h3-4,9,11,13,16H,1-2,5-8,10,18H2. The fourth-order valence-electron chi connectivity index (χ4n) is 4.55. The van der Waals surface area contributed by atoms with Gasteiger partial charge in [-0.25, -0.2) is 0 Å². The Balaban J connectivity index is 1.51. The molecule has 2 saturated carbocycles. The van der Waals surface area contributed by atoms with Gasteiger partial charge in [-0.3, -0.25) is 4.79 Å². The number of amides is 1. The summed E-state index contributed by atoms with van der Waals surface area (Å²) >= 11 is 0. The molecule has 3 aliphatic rings. The van der Waals surface area contributed by atoms with E-state index in [4.69, 9.17) is 5.73 Å². The summed E-state index contributed by atoms with van der Waals surface area (Å²) < 4.78 is 0. The predicted octanol–water partition coefficient (Wildman–Crippen LogP) is 2.59. The number of hydrogen-bond donors (Lipinski definition) is 1. The van der Waals surface area contributed by atoms with Crippen LogP contribution in [-0.2, 0) is 17.8 Å². The number of benzene rings is 1. The maximum Gasteiger partial charge on any atom is 0.226 e. The molecule has 3 unspecified atom stereocenters. The molecule has 4 rings (SSSR count). The van der Waals surface area contributed by atoms with E-state index >= 15 is 0 Å². The van der Waals surface area contributed by atoms with Crippen molar-refractivity contribution < 1.29 is 4.79 Å². The van der Waals surface area contributed by atoms with E-state index in [0.717, 1.165) is 37.5 Å². The van der Waals surface area contributed by atoms with Crippen LogP contribution in [0.1, 0.15) is 36.8 Å². The van der Waals surface area contributed by atoms with Crippen molar-refractivity contribution >= 4 is 11.6 Å². The second-order valence-electron chi connectivity index (χ2n) is 6.82. The Morgan fingerprint density at radius 2 is 2.10 bits per heavy atom. The Labute approximate surface area is 120 Å². The Morgan fingerprint density at radius 1 is 1.20 bits per heavy atom. The number of carbonyl (C=O) groups is 1. The van der Waals surface area contributed by atoms with Gasteiger partial charge in [0.2, 0.25) is 5.91 Å². The predicted molar refractivity (Wildman–Crippen MR) is 78.9 cm³/mol. The molecule has 2 fully saturated rings. The molecular formula is C17H22N2O. The number of anilines is 1. The van der Waals surface area contributed by atoms with Gasteiger partial charge in [-0.05, 0) is 60.8 Å². The van der Waals surface area contributed by atoms with Crippen LogP contribution in [0.5, 0.6) is 0 Å². The van der Waals surface area contributed by atoms with E-state index in [1.165, 1.54) is 30.4 Å². The molecule has 1 aromatic carbocycles. The first-order valence-electron chi connectivity index (χ1n) is 7.87. The van der Waals surface area contributed by atoms with E-state index < -0.39 is 0 Å². The third kappa shape index (κ3) is 1.91. The zero-order valence-corrected chi connectivity index (χ0v) is 11.8. The Bertz CT molecular complexity index is 554. The van der Waals surface area contributed by atoms with E-state index in [-0.39, 0.29) is 0 Å². The van der Waals surface area contributed by atoms with Gasteiger partial charge in [0.15, 0.2) is 0 Å². The summed E-state index contributed by atoms with van der Waals surface area (Å²) in [5, 5.41) is 0. The monoisotopic (exact) mass is 270 g/mol. The molecule has 2 bridgehead atoms. The van der Waals surface area contributed by atoms with Crippen molar-refractivity contribution in [2.24, 2.45) is 17.8 Å². The summed E-state index contributed by atoms with van der Waals surface area (Å²) in [6, 6.07) is 6.12. The van der Waals surface area contributed by atoms with Crippen molar-refractivity contribution in [2.75, 3.05) is 12.3 Å². The summed E-state index contributed by atoms with van der Waals surface area (Å²) in [6.45, 7) is 1.64. The number of rotatable bonds is 1. The van der Waals surface area contributed by atoms with Gasteiger partial charge >= 0.3 is 0 Å². The lowest BCUT2D eigenvalue weighted by atomic mass is 9.87. The summed E-state index contributed by atoms with van der Waals surface area (Å²) in [4.78, 5) is 14.9. The largest absolute Gasteiger partial charge is 0.399 e. The normalized spacial score (nSPS) is 31.4.